The van der Waals surface area contributed by atoms with Crippen LogP contribution in [0.25, 0.3) is 131 Å². The van der Waals surface area contributed by atoms with Crippen LogP contribution in [0.15, 0.2) is 211 Å². The summed E-state index contributed by atoms with van der Waals surface area (Å²) >= 11 is 0. The van der Waals surface area contributed by atoms with Gasteiger partial charge in [-0.3, -0.25) is 9.97 Å². The van der Waals surface area contributed by atoms with Crippen LogP contribution in [-0.2, 0) is 0 Å². The molecule has 0 saturated heterocycles. The standard InChI is InChI=1S/C58H34N2O/c1-2-8-52-49(6-1)50-25-24-46(34-54(50)57-56(52)59-26-27-60-57)44-20-18-40-30-38(16-17-42(40)32-44)36-12-13-37-29-39(15-14-35(37)28-36)41-19-21-45-33-47(23-22-43(45)31-41)48-9-5-10-53-51-7-3-4-11-55(51)61-58(48)53/h1-34H. The first-order valence-corrected chi connectivity index (χ1v) is 20.8. The molecule has 13 rings (SSSR count). The summed E-state index contributed by atoms with van der Waals surface area (Å²) in [4.78, 5) is 9.52. The maximum atomic E-state index is 6.35. The Morgan fingerprint density at radius 3 is 1.26 bits per heavy atom. The third-order valence-corrected chi connectivity index (χ3v) is 12.7. The lowest BCUT2D eigenvalue weighted by Crippen LogP contribution is -1.89. The number of para-hydroxylation sites is 2. The van der Waals surface area contributed by atoms with Gasteiger partial charge < -0.3 is 4.42 Å². The minimum absolute atomic E-state index is 0.920. The highest BCUT2D eigenvalue weighted by molar-refractivity contribution is 6.23. The first-order chi connectivity index (χ1) is 30.2. The summed E-state index contributed by atoms with van der Waals surface area (Å²) in [6.45, 7) is 0. The Hall–Kier alpha value is -8.14. The van der Waals surface area contributed by atoms with Crippen molar-refractivity contribution in [2.75, 3.05) is 0 Å². The average Bonchev–Trinajstić information content (AvgIpc) is 3.72. The number of benzene rings is 11. The van der Waals surface area contributed by atoms with Crippen LogP contribution in [0.3, 0.4) is 0 Å². The van der Waals surface area contributed by atoms with Crippen molar-refractivity contribution in [2.24, 2.45) is 0 Å². The second-order valence-electron chi connectivity index (χ2n) is 16.2. The third kappa shape index (κ3) is 5.45. The van der Waals surface area contributed by atoms with Gasteiger partial charge in [0.05, 0.1) is 11.0 Å². The molecule has 0 aliphatic heterocycles. The van der Waals surface area contributed by atoms with Crippen molar-refractivity contribution < 1.29 is 4.42 Å². The van der Waals surface area contributed by atoms with Crippen molar-refractivity contribution in [3.05, 3.63) is 207 Å². The highest BCUT2D eigenvalue weighted by atomic mass is 16.3. The first kappa shape index (κ1) is 33.8. The molecule has 0 aliphatic carbocycles. The van der Waals surface area contributed by atoms with Crippen LogP contribution in [-0.4, -0.2) is 9.97 Å². The fourth-order valence-corrected chi connectivity index (χ4v) is 9.59. The highest BCUT2D eigenvalue weighted by Crippen LogP contribution is 2.39. The molecule has 0 saturated carbocycles. The largest absolute Gasteiger partial charge is 0.455 e. The fourth-order valence-electron chi connectivity index (χ4n) is 9.59. The lowest BCUT2D eigenvalue weighted by Gasteiger charge is -2.12. The van der Waals surface area contributed by atoms with Gasteiger partial charge in [-0.15, -0.1) is 0 Å². The van der Waals surface area contributed by atoms with E-state index in [1.54, 1.807) is 12.4 Å². The molecule has 0 amide bonds. The Kier molecular flexibility index (Phi) is 7.31. The molecule has 0 radical (unpaired) electrons. The summed E-state index contributed by atoms with van der Waals surface area (Å²) in [7, 11) is 0. The van der Waals surface area contributed by atoms with E-state index in [0.717, 1.165) is 54.9 Å². The molecule has 3 nitrogen and oxygen atoms in total. The topological polar surface area (TPSA) is 38.9 Å². The normalized spacial score (nSPS) is 11.9. The smallest absolute Gasteiger partial charge is 0.143 e. The molecule has 2 heterocycles. The molecule has 0 bridgehead atoms. The maximum absolute atomic E-state index is 6.35. The Bertz CT molecular complexity index is 3920. The van der Waals surface area contributed by atoms with Gasteiger partial charge in [-0.2, -0.15) is 0 Å². The number of furan rings is 1. The van der Waals surface area contributed by atoms with E-state index in [1.165, 1.54) is 76.5 Å². The molecule has 0 aliphatic rings. The van der Waals surface area contributed by atoms with Gasteiger partial charge >= 0.3 is 0 Å². The van der Waals surface area contributed by atoms with E-state index < -0.39 is 0 Å². The first-order valence-electron chi connectivity index (χ1n) is 20.8. The van der Waals surface area contributed by atoms with E-state index in [4.69, 9.17) is 14.4 Å². The molecule has 0 spiro atoms. The van der Waals surface area contributed by atoms with Crippen molar-refractivity contribution >= 4 is 86.8 Å². The van der Waals surface area contributed by atoms with Gasteiger partial charge in [0.2, 0.25) is 0 Å². The lowest BCUT2D eigenvalue weighted by molar-refractivity contribution is 0.670. The molecule has 0 N–H and O–H groups in total. The Morgan fingerprint density at radius 1 is 0.279 bits per heavy atom. The van der Waals surface area contributed by atoms with Crippen LogP contribution in [0.5, 0.6) is 0 Å². The number of hydrogen-bond donors (Lipinski definition) is 0. The molecule has 61 heavy (non-hydrogen) atoms. The van der Waals surface area contributed by atoms with Gasteiger partial charge in [0.25, 0.3) is 0 Å². The Labute approximate surface area is 350 Å². The molecule has 2 aromatic heterocycles. The molecule has 282 valence electrons. The van der Waals surface area contributed by atoms with Crippen LogP contribution in [0, 0.1) is 0 Å². The van der Waals surface area contributed by atoms with Crippen LogP contribution >= 0.6 is 0 Å². The Balaban J connectivity index is 0.789. The molecular weight excluding hydrogens is 741 g/mol. The van der Waals surface area contributed by atoms with Gasteiger partial charge in [0.15, 0.2) is 0 Å². The molecule has 13 aromatic rings. The monoisotopic (exact) mass is 774 g/mol. The zero-order valence-electron chi connectivity index (χ0n) is 32.9. The van der Waals surface area contributed by atoms with E-state index in [2.05, 4.69) is 182 Å². The van der Waals surface area contributed by atoms with Crippen LogP contribution in [0.1, 0.15) is 0 Å². The zero-order valence-corrected chi connectivity index (χ0v) is 32.9. The van der Waals surface area contributed by atoms with Gasteiger partial charge in [-0.25, -0.2) is 0 Å². The minimum atomic E-state index is 0.920. The predicted molar refractivity (Wildman–Crippen MR) is 256 cm³/mol. The second kappa shape index (κ2) is 13.2. The van der Waals surface area contributed by atoms with Gasteiger partial charge in [0.1, 0.15) is 11.2 Å². The summed E-state index contributed by atoms with van der Waals surface area (Å²) in [5, 5.41) is 14.3. The van der Waals surface area contributed by atoms with Gasteiger partial charge in [-0.1, -0.05) is 146 Å². The number of nitrogens with zero attached hydrogens (tertiary/aromatic N) is 2. The Morgan fingerprint density at radius 2 is 0.689 bits per heavy atom. The zero-order chi connectivity index (χ0) is 40.0. The SMILES string of the molecule is c1ccc2c(c1)oc1c(-c3ccc4cc(-c5ccc6cc(-c7ccc8cc(-c9ccc%10c%11ccccc%11c%11nccnc%11c%10c9)ccc8c7)ccc6c5)ccc4c3)cccc12. The van der Waals surface area contributed by atoms with Crippen molar-refractivity contribution in [2.45, 2.75) is 0 Å². The van der Waals surface area contributed by atoms with Gasteiger partial charge in [0, 0.05) is 39.5 Å². The maximum Gasteiger partial charge on any atom is 0.143 e. The number of hydrogen-bond acceptors (Lipinski definition) is 3. The average molecular weight is 775 g/mol. The number of fused-ring (bicyclic) bond motifs is 12. The van der Waals surface area contributed by atoms with E-state index >= 15 is 0 Å². The van der Waals surface area contributed by atoms with E-state index in [-0.39, 0.29) is 0 Å². The summed E-state index contributed by atoms with van der Waals surface area (Å²) in [5.41, 5.74) is 13.2. The van der Waals surface area contributed by atoms with E-state index in [9.17, 15) is 0 Å². The highest BCUT2D eigenvalue weighted by Gasteiger charge is 2.14. The van der Waals surface area contributed by atoms with Crippen molar-refractivity contribution in [1.29, 1.82) is 0 Å². The third-order valence-electron chi connectivity index (χ3n) is 12.7. The number of rotatable bonds is 4. The summed E-state index contributed by atoms with van der Waals surface area (Å²) in [5.74, 6) is 0. The van der Waals surface area contributed by atoms with Crippen molar-refractivity contribution in [3.63, 3.8) is 0 Å². The molecule has 0 unspecified atom stereocenters. The van der Waals surface area contributed by atoms with E-state index in [1.807, 2.05) is 12.1 Å². The van der Waals surface area contributed by atoms with Crippen LogP contribution < -0.4 is 0 Å². The fraction of sp³-hybridized carbons (Fsp3) is 0. The molecular formula is C58H34N2O. The number of aromatic nitrogens is 2. The summed E-state index contributed by atoms with van der Waals surface area (Å²) < 4.78 is 6.35. The molecule has 11 aromatic carbocycles. The van der Waals surface area contributed by atoms with Crippen molar-refractivity contribution in [1.82, 2.24) is 9.97 Å². The predicted octanol–water partition coefficient (Wildman–Crippen LogP) is 16.0. The van der Waals surface area contributed by atoms with Gasteiger partial charge in [-0.05, 0) is 131 Å². The van der Waals surface area contributed by atoms with Crippen molar-refractivity contribution in [3.8, 4) is 44.5 Å². The molecule has 3 heteroatoms. The molecule has 0 atom stereocenters. The lowest BCUT2D eigenvalue weighted by atomic mass is 9.93. The van der Waals surface area contributed by atoms with E-state index in [0.29, 0.717) is 0 Å². The minimum Gasteiger partial charge on any atom is -0.455 e. The van der Waals surface area contributed by atoms with Crippen LogP contribution in [0.4, 0.5) is 0 Å². The second-order valence-corrected chi connectivity index (χ2v) is 16.2. The quantitative estimate of drug-likeness (QED) is 0.167. The van der Waals surface area contributed by atoms with Crippen LogP contribution in [0.2, 0.25) is 0 Å². The molecule has 0 fully saturated rings. The summed E-state index contributed by atoms with van der Waals surface area (Å²) in [6, 6.07) is 70.6. The summed E-state index contributed by atoms with van der Waals surface area (Å²) in [6.07, 6.45) is 3.57.